The molecule has 2 atom stereocenters. The predicted molar refractivity (Wildman–Crippen MR) is 141 cm³/mol. The van der Waals surface area contributed by atoms with Crippen LogP contribution in [0.1, 0.15) is 49.7 Å². The molecule has 5 rings (SSSR count). The first-order chi connectivity index (χ1) is 17.6. The fourth-order valence-electron chi connectivity index (χ4n) is 6.07. The van der Waals surface area contributed by atoms with E-state index in [1.165, 1.54) is 5.56 Å². The first-order valence-corrected chi connectivity index (χ1v) is 13.7. The summed E-state index contributed by atoms with van der Waals surface area (Å²) >= 11 is 0. The van der Waals surface area contributed by atoms with Crippen molar-refractivity contribution in [2.75, 3.05) is 32.8 Å². The van der Waals surface area contributed by atoms with Gasteiger partial charge in [0.15, 0.2) is 0 Å². The average Bonchev–Trinajstić information content (AvgIpc) is 3.43. The van der Waals surface area contributed by atoms with Crippen LogP contribution in [0.5, 0.6) is 0 Å². The van der Waals surface area contributed by atoms with Crippen LogP contribution in [0.25, 0.3) is 0 Å². The molecule has 3 aliphatic rings. The number of hydrogen-bond donors (Lipinski definition) is 1. The number of carbonyl (C=O) groups excluding carboxylic acids is 2. The van der Waals surface area contributed by atoms with Gasteiger partial charge in [0.1, 0.15) is 11.6 Å². The van der Waals surface area contributed by atoms with Crippen molar-refractivity contribution >= 4 is 11.8 Å². The highest BCUT2D eigenvalue weighted by Crippen LogP contribution is 2.35. The van der Waals surface area contributed by atoms with Gasteiger partial charge in [-0.25, -0.2) is 0 Å². The molecular weight excluding hydrogens is 450 g/mol. The molecule has 6 heteroatoms. The standard InChI is InChI=1S/C30H39N3O3/c34-28-27(22-25-13-5-2-6-14-25)31-29(35)30(33(28)23-26-15-9-21-36-26)16-19-32(20-17-30)18-8-7-12-24-10-3-1-4-11-24/h1-6,10-11,13-14,26-27H,7-9,12,15-23H2,(H,31,35)/t26?,27-/m0/s1. The summed E-state index contributed by atoms with van der Waals surface area (Å²) in [5.74, 6) is 0.0648. The van der Waals surface area contributed by atoms with E-state index in [1.54, 1.807) is 0 Å². The van der Waals surface area contributed by atoms with Crippen LogP contribution in [-0.4, -0.2) is 72.1 Å². The van der Waals surface area contributed by atoms with Crippen LogP contribution >= 0.6 is 0 Å². The molecule has 6 nitrogen and oxygen atoms in total. The van der Waals surface area contributed by atoms with Gasteiger partial charge in [-0.2, -0.15) is 0 Å². The second kappa shape index (κ2) is 11.6. The van der Waals surface area contributed by atoms with Gasteiger partial charge in [0.25, 0.3) is 0 Å². The van der Waals surface area contributed by atoms with Crippen molar-refractivity contribution in [3.63, 3.8) is 0 Å². The van der Waals surface area contributed by atoms with Crippen LogP contribution in [0.4, 0.5) is 0 Å². The summed E-state index contributed by atoms with van der Waals surface area (Å²) in [5.41, 5.74) is 1.70. The van der Waals surface area contributed by atoms with Crippen LogP contribution in [0.15, 0.2) is 60.7 Å². The Hall–Kier alpha value is -2.70. The molecule has 0 aromatic heterocycles. The Kier molecular flexibility index (Phi) is 8.02. The number of nitrogens with one attached hydrogen (secondary N) is 1. The number of piperidine rings is 1. The zero-order valence-electron chi connectivity index (χ0n) is 21.2. The molecule has 3 saturated heterocycles. The van der Waals surface area contributed by atoms with Gasteiger partial charge < -0.3 is 19.9 Å². The van der Waals surface area contributed by atoms with Gasteiger partial charge in [-0.05, 0) is 62.6 Å². The van der Waals surface area contributed by atoms with Crippen molar-refractivity contribution in [2.45, 2.75) is 69.1 Å². The summed E-state index contributed by atoms with van der Waals surface area (Å²) < 4.78 is 5.91. The summed E-state index contributed by atoms with van der Waals surface area (Å²) in [6, 6.07) is 20.1. The van der Waals surface area contributed by atoms with Gasteiger partial charge in [-0.15, -0.1) is 0 Å². The van der Waals surface area contributed by atoms with Crippen molar-refractivity contribution in [3.8, 4) is 0 Å². The van der Waals surface area contributed by atoms with Crippen LogP contribution in [0.2, 0.25) is 0 Å². The minimum absolute atomic E-state index is 0.0183. The topological polar surface area (TPSA) is 61.9 Å². The van der Waals surface area contributed by atoms with Crippen molar-refractivity contribution < 1.29 is 14.3 Å². The third kappa shape index (κ3) is 5.65. The summed E-state index contributed by atoms with van der Waals surface area (Å²) in [5, 5.41) is 3.13. The average molecular weight is 490 g/mol. The molecule has 0 radical (unpaired) electrons. The lowest BCUT2D eigenvalue weighted by molar-refractivity contribution is -0.163. The number of amides is 2. The van der Waals surface area contributed by atoms with Gasteiger partial charge in [0.05, 0.1) is 6.10 Å². The molecule has 192 valence electrons. The highest BCUT2D eigenvalue weighted by Gasteiger charge is 2.54. The number of carbonyl (C=O) groups is 2. The van der Waals surface area contributed by atoms with E-state index in [9.17, 15) is 9.59 Å². The number of nitrogens with zero attached hydrogens (tertiary/aromatic N) is 2. The number of hydrogen-bond acceptors (Lipinski definition) is 4. The number of aryl methyl sites for hydroxylation is 1. The Morgan fingerprint density at radius 2 is 1.61 bits per heavy atom. The number of likely N-dealkylation sites (tertiary alicyclic amines) is 1. The molecule has 3 fully saturated rings. The van der Waals surface area contributed by atoms with Gasteiger partial charge in [0, 0.05) is 32.7 Å². The van der Waals surface area contributed by atoms with Gasteiger partial charge in [0.2, 0.25) is 11.8 Å². The fourth-order valence-corrected chi connectivity index (χ4v) is 6.07. The maximum atomic E-state index is 13.8. The minimum Gasteiger partial charge on any atom is -0.376 e. The van der Waals surface area contributed by atoms with Crippen molar-refractivity contribution in [1.29, 1.82) is 0 Å². The molecule has 36 heavy (non-hydrogen) atoms. The SMILES string of the molecule is O=C1[C@H](Cc2ccccc2)NC(=O)C2(CCN(CCCCc3ccccc3)CC2)N1CC1CCCO1. The van der Waals surface area contributed by atoms with Crippen molar-refractivity contribution in [2.24, 2.45) is 0 Å². The highest BCUT2D eigenvalue weighted by atomic mass is 16.5. The lowest BCUT2D eigenvalue weighted by atomic mass is 9.80. The van der Waals surface area contributed by atoms with Crippen LogP contribution in [-0.2, 0) is 27.2 Å². The first kappa shape index (κ1) is 25.0. The predicted octanol–water partition coefficient (Wildman–Crippen LogP) is 3.59. The smallest absolute Gasteiger partial charge is 0.246 e. The van der Waals surface area contributed by atoms with Crippen LogP contribution in [0.3, 0.4) is 0 Å². The van der Waals surface area contributed by atoms with E-state index in [-0.39, 0.29) is 17.9 Å². The monoisotopic (exact) mass is 489 g/mol. The second-order valence-electron chi connectivity index (χ2n) is 10.6. The summed E-state index contributed by atoms with van der Waals surface area (Å²) in [6.07, 6.45) is 7.33. The van der Waals surface area contributed by atoms with Crippen molar-refractivity contribution in [3.05, 3.63) is 71.8 Å². The largest absolute Gasteiger partial charge is 0.376 e. The zero-order valence-corrected chi connectivity index (χ0v) is 21.2. The van der Waals surface area contributed by atoms with Gasteiger partial charge in [-0.1, -0.05) is 60.7 Å². The molecule has 3 heterocycles. The van der Waals surface area contributed by atoms with Gasteiger partial charge >= 0.3 is 0 Å². The van der Waals surface area contributed by atoms with E-state index in [0.717, 1.165) is 63.9 Å². The molecule has 2 aromatic rings. The maximum Gasteiger partial charge on any atom is 0.246 e. The number of piperazine rings is 1. The highest BCUT2D eigenvalue weighted by molar-refractivity contribution is 6.00. The Morgan fingerprint density at radius 3 is 2.28 bits per heavy atom. The molecule has 1 spiro atoms. The molecule has 0 bridgehead atoms. The molecule has 1 N–H and O–H groups in total. The van der Waals surface area contributed by atoms with E-state index >= 15 is 0 Å². The van der Waals surface area contributed by atoms with E-state index in [4.69, 9.17) is 4.74 Å². The minimum atomic E-state index is -0.753. The quantitative estimate of drug-likeness (QED) is 0.547. The van der Waals surface area contributed by atoms with E-state index < -0.39 is 11.6 Å². The van der Waals surface area contributed by atoms with E-state index in [0.29, 0.717) is 25.8 Å². The Balaban J connectivity index is 1.22. The number of rotatable bonds is 9. The molecule has 1 unspecified atom stereocenters. The van der Waals surface area contributed by atoms with E-state index in [2.05, 4.69) is 40.5 Å². The lowest BCUT2D eigenvalue weighted by Crippen LogP contribution is -2.73. The Bertz CT molecular complexity index is 999. The number of unbranched alkanes of at least 4 members (excludes halogenated alkanes) is 1. The molecule has 0 saturated carbocycles. The van der Waals surface area contributed by atoms with Crippen LogP contribution in [0, 0.1) is 0 Å². The molecular formula is C30H39N3O3. The van der Waals surface area contributed by atoms with E-state index in [1.807, 2.05) is 35.2 Å². The maximum absolute atomic E-state index is 13.8. The van der Waals surface area contributed by atoms with Crippen molar-refractivity contribution in [1.82, 2.24) is 15.1 Å². The Labute approximate surface area is 215 Å². The third-order valence-corrected chi connectivity index (χ3v) is 8.22. The summed E-state index contributed by atoms with van der Waals surface area (Å²) in [7, 11) is 0. The summed E-state index contributed by atoms with van der Waals surface area (Å²) in [4.78, 5) is 31.9. The van der Waals surface area contributed by atoms with Gasteiger partial charge in [-0.3, -0.25) is 9.59 Å². The fraction of sp³-hybridized carbons (Fsp3) is 0.533. The molecule has 0 aliphatic carbocycles. The zero-order chi connectivity index (χ0) is 24.8. The number of ether oxygens (including phenoxy) is 1. The normalized spacial score (nSPS) is 24.3. The third-order valence-electron chi connectivity index (χ3n) is 8.22. The first-order valence-electron chi connectivity index (χ1n) is 13.7. The summed E-state index contributed by atoms with van der Waals surface area (Å²) in [6.45, 7) is 4.00. The Morgan fingerprint density at radius 1 is 0.917 bits per heavy atom. The molecule has 2 amide bonds. The van der Waals surface area contributed by atoms with Crippen LogP contribution < -0.4 is 5.32 Å². The molecule has 3 aliphatic heterocycles. The number of benzene rings is 2. The second-order valence-corrected chi connectivity index (χ2v) is 10.6. The lowest BCUT2D eigenvalue weighted by Gasteiger charge is -2.52. The molecule has 2 aromatic carbocycles.